The minimum atomic E-state index is -0.0750. The first kappa shape index (κ1) is 19.2. The second-order valence-corrected chi connectivity index (χ2v) is 7.65. The molecule has 3 aromatic rings. The average molecular weight is 389 g/mol. The molecule has 150 valence electrons. The van der Waals surface area contributed by atoms with Crippen LogP contribution in [0.3, 0.4) is 0 Å². The molecule has 1 aliphatic heterocycles. The monoisotopic (exact) mass is 388 g/mol. The summed E-state index contributed by atoms with van der Waals surface area (Å²) >= 11 is 0. The Hall–Kier alpha value is -3.08. The molecule has 2 N–H and O–H groups in total. The summed E-state index contributed by atoms with van der Waals surface area (Å²) in [5.74, 6) is 1.04. The number of carbonyl (C=O) groups is 1. The molecule has 29 heavy (non-hydrogen) atoms. The molecule has 1 atom stereocenters. The van der Waals surface area contributed by atoms with Crippen LogP contribution in [-0.4, -0.2) is 35.2 Å². The van der Waals surface area contributed by atoms with Gasteiger partial charge in [-0.2, -0.15) is 5.10 Å². The molecule has 0 bridgehead atoms. The number of piperidine rings is 1. The number of hydrogen-bond donors (Lipinski definition) is 2. The fraction of sp³-hybridized carbons (Fsp3) is 0.333. The molecule has 1 fully saturated rings. The van der Waals surface area contributed by atoms with E-state index in [9.17, 15) is 4.79 Å². The van der Waals surface area contributed by atoms with E-state index in [2.05, 4.69) is 45.5 Å². The SMILES string of the molecule is CC[C@@H](C(=O)NC1CCN(c2cc(-c3ccccc3)[nH]n2)CC1)c1ccccc1. The molecule has 1 aromatic heterocycles. The van der Waals surface area contributed by atoms with Gasteiger partial charge in [0.2, 0.25) is 5.91 Å². The van der Waals surface area contributed by atoms with Gasteiger partial charge in [-0.25, -0.2) is 0 Å². The molecule has 5 heteroatoms. The van der Waals surface area contributed by atoms with Gasteiger partial charge >= 0.3 is 0 Å². The van der Waals surface area contributed by atoms with E-state index >= 15 is 0 Å². The van der Waals surface area contributed by atoms with Crippen LogP contribution in [0, 0.1) is 0 Å². The van der Waals surface area contributed by atoms with Crippen molar-refractivity contribution in [2.24, 2.45) is 0 Å². The Morgan fingerprint density at radius 3 is 2.41 bits per heavy atom. The zero-order valence-electron chi connectivity index (χ0n) is 16.8. The van der Waals surface area contributed by atoms with Crippen LogP contribution in [0.2, 0.25) is 0 Å². The standard InChI is InChI=1S/C24H28N4O/c1-2-21(18-9-5-3-6-10-18)24(29)25-20-13-15-28(16-14-20)23-17-22(26-27-23)19-11-7-4-8-12-19/h3-12,17,20-21H,2,13-16H2,1H3,(H,25,29)(H,26,27)/t21-/m1/s1. The predicted molar refractivity (Wildman–Crippen MR) is 117 cm³/mol. The number of aromatic nitrogens is 2. The summed E-state index contributed by atoms with van der Waals surface area (Å²) in [6.07, 6.45) is 2.68. The van der Waals surface area contributed by atoms with Crippen molar-refractivity contribution in [1.82, 2.24) is 15.5 Å². The fourth-order valence-electron chi connectivity index (χ4n) is 4.05. The molecule has 0 spiro atoms. The zero-order valence-corrected chi connectivity index (χ0v) is 16.8. The Morgan fingerprint density at radius 2 is 1.76 bits per heavy atom. The van der Waals surface area contributed by atoms with Crippen LogP contribution < -0.4 is 10.2 Å². The molecule has 0 saturated carbocycles. The Morgan fingerprint density at radius 1 is 1.10 bits per heavy atom. The second-order valence-electron chi connectivity index (χ2n) is 7.65. The molecule has 1 amide bonds. The second kappa shape index (κ2) is 8.95. The first-order valence-electron chi connectivity index (χ1n) is 10.5. The number of anilines is 1. The van der Waals surface area contributed by atoms with Crippen LogP contribution in [0.5, 0.6) is 0 Å². The normalized spacial score (nSPS) is 15.8. The van der Waals surface area contributed by atoms with E-state index in [1.54, 1.807) is 0 Å². The van der Waals surface area contributed by atoms with E-state index in [0.717, 1.165) is 55.0 Å². The Kier molecular flexibility index (Phi) is 5.94. The van der Waals surface area contributed by atoms with Gasteiger partial charge in [-0.3, -0.25) is 9.89 Å². The van der Waals surface area contributed by atoms with Crippen LogP contribution >= 0.6 is 0 Å². The number of nitrogens with zero attached hydrogens (tertiary/aromatic N) is 2. The van der Waals surface area contributed by atoms with Crippen molar-refractivity contribution in [2.75, 3.05) is 18.0 Å². The van der Waals surface area contributed by atoms with Crippen molar-refractivity contribution in [3.05, 3.63) is 72.3 Å². The van der Waals surface area contributed by atoms with Crippen molar-refractivity contribution < 1.29 is 4.79 Å². The first-order chi connectivity index (χ1) is 14.2. The van der Waals surface area contributed by atoms with Gasteiger partial charge in [0, 0.05) is 25.2 Å². The number of hydrogen-bond acceptors (Lipinski definition) is 3. The summed E-state index contributed by atoms with van der Waals surface area (Å²) < 4.78 is 0. The van der Waals surface area contributed by atoms with Gasteiger partial charge < -0.3 is 10.2 Å². The van der Waals surface area contributed by atoms with Gasteiger partial charge in [0.25, 0.3) is 0 Å². The molecule has 4 rings (SSSR count). The van der Waals surface area contributed by atoms with E-state index in [1.807, 2.05) is 48.5 Å². The fourth-order valence-corrected chi connectivity index (χ4v) is 4.05. The lowest BCUT2D eigenvalue weighted by Gasteiger charge is -2.33. The molecule has 1 aliphatic rings. The molecule has 0 aliphatic carbocycles. The predicted octanol–water partition coefficient (Wildman–Crippen LogP) is 4.36. The van der Waals surface area contributed by atoms with Crippen molar-refractivity contribution in [3.8, 4) is 11.3 Å². The topological polar surface area (TPSA) is 61.0 Å². The highest BCUT2D eigenvalue weighted by Gasteiger charge is 2.25. The Labute approximate surface area is 172 Å². The lowest BCUT2D eigenvalue weighted by molar-refractivity contribution is -0.123. The van der Waals surface area contributed by atoms with E-state index < -0.39 is 0 Å². The van der Waals surface area contributed by atoms with Gasteiger partial charge in [-0.1, -0.05) is 67.6 Å². The third kappa shape index (κ3) is 4.50. The zero-order chi connectivity index (χ0) is 20.1. The Balaban J connectivity index is 1.33. The quantitative estimate of drug-likeness (QED) is 0.660. The first-order valence-corrected chi connectivity index (χ1v) is 10.5. The van der Waals surface area contributed by atoms with Crippen LogP contribution in [-0.2, 0) is 4.79 Å². The molecule has 2 aromatic carbocycles. The maximum absolute atomic E-state index is 12.8. The molecular weight excluding hydrogens is 360 g/mol. The van der Waals surface area contributed by atoms with Gasteiger partial charge in [0.15, 0.2) is 5.82 Å². The lowest BCUT2D eigenvalue weighted by atomic mass is 9.94. The minimum Gasteiger partial charge on any atom is -0.355 e. The highest BCUT2D eigenvalue weighted by atomic mass is 16.1. The van der Waals surface area contributed by atoms with Crippen LogP contribution in [0.1, 0.15) is 37.7 Å². The highest BCUT2D eigenvalue weighted by Crippen LogP contribution is 2.25. The maximum atomic E-state index is 12.8. The van der Waals surface area contributed by atoms with Gasteiger partial charge in [0.1, 0.15) is 0 Å². The van der Waals surface area contributed by atoms with E-state index in [-0.39, 0.29) is 17.9 Å². The number of H-pyrrole nitrogens is 1. The molecular formula is C24H28N4O. The molecule has 0 radical (unpaired) electrons. The van der Waals surface area contributed by atoms with Crippen molar-refractivity contribution in [3.63, 3.8) is 0 Å². The summed E-state index contributed by atoms with van der Waals surface area (Å²) in [6.45, 7) is 3.86. The van der Waals surface area contributed by atoms with Crippen LogP contribution in [0.15, 0.2) is 66.7 Å². The van der Waals surface area contributed by atoms with Crippen molar-refractivity contribution in [2.45, 2.75) is 38.1 Å². The van der Waals surface area contributed by atoms with Crippen molar-refractivity contribution >= 4 is 11.7 Å². The third-order valence-corrected chi connectivity index (χ3v) is 5.74. The van der Waals surface area contributed by atoms with Crippen LogP contribution in [0.4, 0.5) is 5.82 Å². The molecule has 5 nitrogen and oxygen atoms in total. The summed E-state index contributed by atoms with van der Waals surface area (Å²) in [6, 6.07) is 22.6. The van der Waals surface area contributed by atoms with E-state index in [0.29, 0.717) is 0 Å². The number of carbonyl (C=O) groups excluding carboxylic acids is 1. The molecule has 1 saturated heterocycles. The summed E-state index contributed by atoms with van der Waals surface area (Å²) in [7, 11) is 0. The minimum absolute atomic E-state index is 0.0750. The summed E-state index contributed by atoms with van der Waals surface area (Å²) in [5, 5.41) is 10.9. The van der Waals surface area contributed by atoms with E-state index in [4.69, 9.17) is 0 Å². The van der Waals surface area contributed by atoms with Gasteiger partial charge in [-0.15, -0.1) is 0 Å². The number of aromatic amines is 1. The summed E-state index contributed by atoms with van der Waals surface area (Å²) in [5.41, 5.74) is 3.26. The number of benzene rings is 2. The molecule has 2 heterocycles. The summed E-state index contributed by atoms with van der Waals surface area (Å²) in [4.78, 5) is 15.1. The molecule has 0 unspecified atom stereocenters. The maximum Gasteiger partial charge on any atom is 0.227 e. The van der Waals surface area contributed by atoms with E-state index in [1.165, 1.54) is 0 Å². The largest absolute Gasteiger partial charge is 0.355 e. The van der Waals surface area contributed by atoms with Gasteiger partial charge in [0.05, 0.1) is 11.6 Å². The highest BCUT2D eigenvalue weighted by molar-refractivity contribution is 5.83. The smallest absolute Gasteiger partial charge is 0.227 e. The third-order valence-electron chi connectivity index (χ3n) is 5.74. The number of rotatable bonds is 6. The van der Waals surface area contributed by atoms with Crippen molar-refractivity contribution in [1.29, 1.82) is 0 Å². The average Bonchev–Trinajstić information content (AvgIpc) is 3.26. The van der Waals surface area contributed by atoms with Gasteiger partial charge in [-0.05, 0) is 30.4 Å². The number of amides is 1. The number of nitrogens with one attached hydrogen (secondary N) is 2. The van der Waals surface area contributed by atoms with Crippen LogP contribution in [0.25, 0.3) is 11.3 Å². The lowest BCUT2D eigenvalue weighted by Crippen LogP contribution is -2.46. The Bertz CT molecular complexity index is 914.